The molecule has 2 nitrogen and oxygen atoms in total. The van der Waals surface area contributed by atoms with Crippen LogP contribution in [0.15, 0.2) is 36.9 Å². The van der Waals surface area contributed by atoms with E-state index in [1.165, 1.54) is 22.3 Å². The number of pyridine rings is 2. The van der Waals surface area contributed by atoms with Gasteiger partial charge in [-0.3, -0.25) is 0 Å². The van der Waals surface area contributed by atoms with Crippen molar-refractivity contribution in [2.75, 3.05) is 0 Å². The summed E-state index contributed by atoms with van der Waals surface area (Å²) in [5, 5.41) is 0. The molecule has 2 heterocycles. The number of halogens is 2. The highest BCUT2D eigenvalue weighted by atomic mass is 79.9. The van der Waals surface area contributed by atoms with Crippen LogP contribution in [0.4, 0.5) is 0 Å². The fourth-order valence-corrected chi connectivity index (χ4v) is 2.68. The number of aromatic nitrogens is 2. The molecular formula is C17H26Br2N2+2. The number of nitrogens with zero attached hydrogens (tertiary/aromatic N) is 2. The van der Waals surface area contributed by atoms with Gasteiger partial charge in [0, 0.05) is 22.3 Å². The number of aryl methyl sites for hydroxylation is 6. The Balaban J connectivity index is 0.00000200. The van der Waals surface area contributed by atoms with Crippen LogP contribution in [0.1, 0.15) is 28.7 Å². The van der Waals surface area contributed by atoms with Crippen molar-refractivity contribution >= 4 is 34.0 Å². The minimum atomic E-state index is 0. The summed E-state index contributed by atoms with van der Waals surface area (Å²) in [5.41, 5.74) is 5.33. The summed E-state index contributed by atoms with van der Waals surface area (Å²) in [7, 11) is 0. The van der Waals surface area contributed by atoms with E-state index < -0.39 is 0 Å². The summed E-state index contributed by atoms with van der Waals surface area (Å²) in [6, 6.07) is 4.43. The number of hydrogen-bond donors (Lipinski definition) is 0. The van der Waals surface area contributed by atoms with Gasteiger partial charge in [-0.25, -0.2) is 9.13 Å². The topological polar surface area (TPSA) is 7.76 Å². The monoisotopic (exact) mass is 416 g/mol. The summed E-state index contributed by atoms with van der Waals surface area (Å²) in [6.07, 6.45) is 10.0. The molecule has 0 saturated heterocycles. The molecule has 0 fully saturated rings. The second kappa shape index (κ2) is 9.31. The molecule has 0 aliphatic rings. The van der Waals surface area contributed by atoms with Crippen LogP contribution in [-0.4, -0.2) is 0 Å². The van der Waals surface area contributed by atoms with Crippen LogP contribution in [0, 0.1) is 27.7 Å². The van der Waals surface area contributed by atoms with Gasteiger partial charge in [-0.05, 0) is 39.8 Å². The third-order valence-corrected chi connectivity index (χ3v) is 3.22. The molecule has 0 aromatic carbocycles. The number of hydrogen-bond acceptors (Lipinski definition) is 0. The Labute approximate surface area is 149 Å². The molecule has 0 aliphatic carbocycles. The predicted molar refractivity (Wildman–Crippen MR) is 97.5 cm³/mol. The average Bonchev–Trinajstić information content (AvgIpc) is 2.26. The minimum absolute atomic E-state index is 0. The van der Waals surface area contributed by atoms with E-state index in [1.807, 2.05) is 0 Å². The molecule has 4 heteroatoms. The van der Waals surface area contributed by atoms with Gasteiger partial charge in [-0.2, -0.15) is 0 Å². The van der Waals surface area contributed by atoms with Gasteiger partial charge in [0.25, 0.3) is 0 Å². The normalized spacial score (nSPS) is 9.71. The van der Waals surface area contributed by atoms with Gasteiger partial charge in [-0.15, -0.1) is 34.0 Å². The van der Waals surface area contributed by atoms with Gasteiger partial charge in [0.1, 0.15) is 0 Å². The van der Waals surface area contributed by atoms with Crippen molar-refractivity contribution in [3.8, 4) is 0 Å². The van der Waals surface area contributed by atoms with Crippen molar-refractivity contribution in [3.05, 3.63) is 59.2 Å². The lowest BCUT2D eigenvalue weighted by atomic mass is 10.2. The van der Waals surface area contributed by atoms with Gasteiger partial charge in [-0.1, -0.05) is 0 Å². The molecule has 0 saturated carbocycles. The summed E-state index contributed by atoms with van der Waals surface area (Å²) < 4.78 is 4.60. The Kier molecular flexibility index (Phi) is 8.98. The van der Waals surface area contributed by atoms with Gasteiger partial charge in [0.15, 0.2) is 37.9 Å². The van der Waals surface area contributed by atoms with Crippen LogP contribution in [0.3, 0.4) is 0 Å². The van der Waals surface area contributed by atoms with Crippen molar-refractivity contribution in [2.45, 2.75) is 47.2 Å². The molecule has 21 heavy (non-hydrogen) atoms. The summed E-state index contributed by atoms with van der Waals surface area (Å²) in [5.74, 6) is 0. The second-order valence-corrected chi connectivity index (χ2v) is 5.61. The van der Waals surface area contributed by atoms with E-state index in [-0.39, 0.29) is 34.0 Å². The summed E-state index contributed by atoms with van der Waals surface area (Å²) in [4.78, 5) is 0. The van der Waals surface area contributed by atoms with Crippen LogP contribution in [0.25, 0.3) is 0 Å². The third kappa shape index (κ3) is 6.70. The van der Waals surface area contributed by atoms with Crippen molar-refractivity contribution in [2.24, 2.45) is 0 Å². The van der Waals surface area contributed by atoms with E-state index >= 15 is 0 Å². The SMILES string of the molecule is Br.Br.Cc1cc(C)c[n+](CCC[n+]2cc(C)cc(C)c2)c1. The summed E-state index contributed by atoms with van der Waals surface area (Å²) in [6.45, 7) is 10.8. The van der Waals surface area contributed by atoms with Crippen molar-refractivity contribution < 1.29 is 9.13 Å². The quantitative estimate of drug-likeness (QED) is 0.669. The molecule has 0 aliphatic heterocycles. The molecule has 0 atom stereocenters. The fourth-order valence-electron chi connectivity index (χ4n) is 2.68. The average molecular weight is 418 g/mol. The van der Waals surface area contributed by atoms with Gasteiger partial charge in [0.05, 0.1) is 6.42 Å². The molecule has 0 unspecified atom stereocenters. The highest BCUT2D eigenvalue weighted by Crippen LogP contribution is 1.99. The first-order valence-corrected chi connectivity index (χ1v) is 6.97. The zero-order valence-electron chi connectivity index (χ0n) is 13.3. The van der Waals surface area contributed by atoms with E-state index in [9.17, 15) is 0 Å². The van der Waals surface area contributed by atoms with E-state index in [0.29, 0.717) is 0 Å². The smallest absolute Gasteiger partial charge is 0.171 e. The van der Waals surface area contributed by atoms with Crippen LogP contribution >= 0.6 is 34.0 Å². The first-order valence-electron chi connectivity index (χ1n) is 6.97. The van der Waals surface area contributed by atoms with E-state index in [0.717, 1.165) is 19.5 Å². The first kappa shape index (κ1) is 20.3. The van der Waals surface area contributed by atoms with Gasteiger partial charge >= 0.3 is 0 Å². The van der Waals surface area contributed by atoms with Crippen LogP contribution in [0.2, 0.25) is 0 Å². The largest absolute Gasteiger partial charge is 0.204 e. The molecule has 0 bridgehead atoms. The van der Waals surface area contributed by atoms with Gasteiger partial charge < -0.3 is 0 Å². The molecule has 0 radical (unpaired) electrons. The Morgan fingerprint density at radius 2 is 0.905 bits per heavy atom. The van der Waals surface area contributed by atoms with Crippen molar-refractivity contribution in [1.82, 2.24) is 0 Å². The number of rotatable bonds is 4. The Morgan fingerprint density at radius 1 is 0.619 bits per heavy atom. The Bertz CT molecular complexity index is 491. The molecule has 0 amide bonds. The minimum Gasteiger partial charge on any atom is -0.204 e. The van der Waals surface area contributed by atoms with E-state index in [2.05, 4.69) is 73.7 Å². The van der Waals surface area contributed by atoms with Crippen molar-refractivity contribution in [1.29, 1.82) is 0 Å². The van der Waals surface area contributed by atoms with Crippen LogP contribution in [0.5, 0.6) is 0 Å². The van der Waals surface area contributed by atoms with Crippen molar-refractivity contribution in [3.63, 3.8) is 0 Å². The molecule has 2 rings (SSSR count). The van der Waals surface area contributed by atoms with E-state index in [1.54, 1.807) is 0 Å². The zero-order valence-corrected chi connectivity index (χ0v) is 16.7. The second-order valence-electron chi connectivity index (χ2n) is 5.61. The molecule has 116 valence electrons. The zero-order chi connectivity index (χ0) is 13.8. The lowest BCUT2D eigenvalue weighted by molar-refractivity contribution is -0.727. The van der Waals surface area contributed by atoms with E-state index in [4.69, 9.17) is 0 Å². The highest BCUT2D eigenvalue weighted by molar-refractivity contribution is 8.93. The maximum atomic E-state index is 2.30. The fraction of sp³-hybridized carbons (Fsp3) is 0.412. The Morgan fingerprint density at radius 3 is 1.19 bits per heavy atom. The predicted octanol–water partition coefficient (Wildman–Crippen LogP) is 3.74. The standard InChI is InChI=1S/C17H24N2.2BrH/c1-14-8-15(2)11-18(10-14)6-5-7-19-12-16(3)9-17(4)13-19;;/h8-13H,5-7H2,1-4H3;2*1H/q+2;;. The lowest BCUT2D eigenvalue weighted by Crippen LogP contribution is -2.39. The summed E-state index contributed by atoms with van der Waals surface area (Å²) >= 11 is 0. The molecule has 2 aromatic rings. The lowest BCUT2D eigenvalue weighted by Gasteiger charge is -2.01. The molecule has 2 aromatic heterocycles. The maximum Gasteiger partial charge on any atom is 0.171 e. The first-order chi connectivity index (χ1) is 9.02. The maximum absolute atomic E-state index is 2.30. The van der Waals surface area contributed by atoms with Gasteiger partial charge in [0.2, 0.25) is 0 Å². The molecular weight excluding hydrogens is 392 g/mol. The van der Waals surface area contributed by atoms with Crippen LogP contribution in [-0.2, 0) is 13.1 Å². The molecule has 0 spiro atoms. The van der Waals surface area contributed by atoms with Crippen LogP contribution < -0.4 is 9.13 Å². The molecule has 0 N–H and O–H groups in total. The third-order valence-electron chi connectivity index (χ3n) is 3.22. The Hall–Kier alpha value is -0.740. The highest BCUT2D eigenvalue weighted by Gasteiger charge is 2.07.